The number of nitrogens with one attached hydrogen (secondary N) is 2. The number of rotatable bonds is 7. The third-order valence-corrected chi connectivity index (χ3v) is 4.65. The number of hydrogen-bond donors (Lipinski definition) is 2. The molecule has 142 valence electrons. The second-order valence-electron chi connectivity index (χ2n) is 6.61. The van der Waals surface area contributed by atoms with Gasteiger partial charge in [0.05, 0.1) is 18.7 Å². The van der Waals surface area contributed by atoms with Crippen molar-refractivity contribution in [2.75, 3.05) is 33.3 Å². The number of urea groups is 1. The van der Waals surface area contributed by atoms with Gasteiger partial charge in [0.2, 0.25) is 0 Å². The van der Waals surface area contributed by atoms with Crippen LogP contribution in [0.2, 0.25) is 0 Å². The zero-order valence-corrected chi connectivity index (χ0v) is 15.7. The number of benzene rings is 2. The lowest BCUT2D eigenvalue weighted by molar-refractivity contribution is -0.138. The quantitative estimate of drug-likeness (QED) is 0.738. The predicted octanol–water partition coefficient (Wildman–Crippen LogP) is 2.44. The Bertz CT molecular complexity index is 871. The third-order valence-electron chi connectivity index (χ3n) is 4.65. The SMILES string of the molecule is CCOC(=O)C1=C(CN(C)CCc2cccc3ccccc23)NC(=O)NC1. The van der Waals surface area contributed by atoms with Gasteiger partial charge < -0.3 is 20.3 Å². The number of amides is 2. The number of hydrogen-bond acceptors (Lipinski definition) is 4. The monoisotopic (exact) mass is 367 g/mol. The van der Waals surface area contributed by atoms with Crippen LogP contribution >= 0.6 is 0 Å². The average Bonchev–Trinajstić information content (AvgIpc) is 2.66. The molecule has 1 heterocycles. The number of carbonyl (C=O) groups excluding carboxylic acids is 2. The van der Waals surface area contributed by atoms with E-state index in [1.165, 1.54) is 16.3 Å². The summed E-state index contributed by atoms with van der Waals surface area (Å²) in [5, 5.41) is 7.87. The molecule has 1 aliphatic rings. The number of carbonyl (C=O) groups is 2. The summed E-state index contributed by atoms with van der Waals surface area (Å²) in [5.74, 6) is -0.387. The van der Waals surface area contributed by atoms with Gasteiger partial charge in [-0.3, -0.25) is 0 Å². The van der Waals surface area contributed by atoms with Gasteiger partial charge in [0.15, 0.2) is 0 Å². The summed E-state index contributed by atoms with van der Waals surface area (Å²) in [6.07, 6.45) is 0.881. The van der Waals surface area contributed by atoms with E-state index in [0.29, 0.717) is 24.4 Å². The Labute approximate surface area is 159 Å². The maximum absolute atomic E-state index is 12.1. The first-order valence-electron chi connectivity index (χ1n) is 9.17. The summed E-state index contributed by atoms with van der Waals surface area (Å²) in [4.78, 5) is 25.9. The zero-order valence-electron chi connectivity index (χ0n) is 15.7. The van der Waals surface area contributed by atoms with E-state index in [1.54, 1.807) is 6.92 Å². The summed E-state index contributed by atoms with van der Waals surface area (Å²) < 4.78 is 5.10. The van der Waals surface area contributed by atoms with Crippen LogP contribution in [-0.2, 0) is 16.0 Å². The molecule has 0 unspecified atom stereocenters. The van der Waals surface area contributed by atoms with Crippen molar-refractivity contribution in [3.8, 4) is 0 Å². The highest BCUT2D eigenvalue weighted by atomic mass is 16.5. The number of nitrogens with zero attached hydrogens (tertiary/aromatic N) is 1. The molecule has 2 amide bonds. The van der Waals surface area contributed by atoms with Crippen LogP contribution in [0.15, 0.2) is 53.7 Å². The van der Waals surface area contributed by atoms with Crippen LogP contribution in [0, 0.1) is 0 Å². The minimum absolute atomic E-state index is 0.192. The molecular weight excluding hydrogens is 342 g/mol. The highest BCUT2D eigenvalue weighted by molar-refractivity contribution is 5.93. The Kier molecular flexibility index (Phi) is 6.08. The van der Waals surface area contributed by atoms with Crippen molar-refractivity contribution in [3.05, 3.63) is 59.3 Å². The molecule has 2 aromatic rings. The summed E-state index contributed by atoms with van der Waals surface area (Å²) in [5.41, 5.74) is 2.37. The van der Waals surface area contributed by atoms with Gasteiger partial charge in [-0.25, -0.2) is 9.59 Å². The zero-order chi connectivity index (χ0) is 19.2. The molecule has 0 spiro atoms. The second-order valence-corrected chi connectivity index (χ2v) is 6.61. The molecule has 6 heteroatoms. The van der Waals surface area contributed by atoms with Crippen LogP contribution < -0.4 is 10.6 Å². The van der Waals surface area contributed by atoms with E-state index in [2.05, 4.69) is 51.9 Å². The van der Waals surface area contributed by atoms with Gasteiger partial charge in [-0.1, -0.05) is 42.5 Å². The van der Waals surface area contributed by atoms with E-state index in [9.17, 15) is 9.59 Å². The van der Waals surface area contributed by atoms with E-state index in [0.717, 1.165) is 13.0 Å². The van der Waals surface area contributed by atoms with Crippen LogP contribution in [0.4, 0.5) is 4.79 Å². The Hall–Kier alpha value is -2.86. The van der Waals surface area contributed by atoms with Gasteiger partial charge in [0.1, 0.15) is 0 Å². The first-order valence-corrected chi connectivity index (χ1v) is 9.17. The highest BCUT2D eigenvalue weighted by Crippen LogP contribution is 2.19. The van der Waals surface area contributed by atoms with E-state index in [1.807, 2.05) is 13.1 Å². The fourth-order valence-electron chi connectivity index (χ4n) is 3.25. The van der Waals surface area contributed by atoms with Crippen molar-refractivity contribution in [1.29, 1.82) is 0 Å². The second kappa shape index (κ2) is 8.68. The normalized spacial score (nSPS) is 14.3. The fourth-order valence-corrected chi connectivity index (χ4v) is 3.25. The lowest BCUT2D eigenvalue weighted by Crippen LogP contribution is -2.46. The Morgan fingerprint density at radius 3 is 2.78 bits per heavy atom. The molecule has 0 radical (unpaired) electrons. The maximum atomic E-state index is 12.1. The first-order chi connectivity index (χ1) is 13.1. The van der Waals surface area contributed by atoms with Crippen molar-refractivity contribution >= 4 is 22.8 Å². The molecule has 6 nitrogen and oxygen atoms in total. The molecule has 0 atom stereocenters. The average molecular weight is 367 g/mol. The minimum Gasteiger partial charge on any atom is -0.463 e. The molecule has 0 aromatic heterocycles. The van der Waals surface area contributed by atoms with Crippen LogP contribution in [0.25, 0.3) is 10.8 Å². The van der Waals surface area contributed by atoms with Gasteiger partial charge in [-0.2, -0.15) is 0 Å². The summed E-state index contributed by atoms with van der Waals surface area (Å²) in [6.45, 7) is 3.55. The Morgan fingerprint density at radius 2 is 1.96 bits per heavy atom. The van der Waals surface area contributed by atoms with Crippen LogP contribution in [0.1, 0.15) is 12.5 Å². The van der Waals surface area contributed by atoms with Crippen molar-refractivity contribution in [2.45, 2.75) is 13.3 Å². The van der Waals surface area contributed by atoms with E-state index in [4.69, 9.17) is 4.74 Å². The van der Waals surface area contributed by atoms with Gasteiger partial charge >= 0.3 is 12.0 Å². The lowest BCUT2D eigenvalue weighted by atomic mass is 10.0. The van der Waals surface area contributed by atoms with Gasteiger partial charge in [0.25, 0.3) is 0 Å². The molecule has 0 saturated heterocycles. The van der Waals surface area contributed by atoms with E-state index >= 15 is 0 Å². The molecule has 0 fully saturated rings. The highest BCUT2D eigenvalue weighted by Gasteiger charge is 2.24. The number of fused-ring (bicyclic) bond motifs is 1. The lowest BCUT2D eigenvalue weighted by Gasteiger charge is -2.25. The fraction of sp³-hybridized carbons (Fsp3) is 0.333. The summed E-state index contributed by atoms with van der Waals surface area (Å²) in [6, 6.07) is 14.4. The largest absolute Gasteiger partial charge is 0.463 e. The molecule has 0 saturated carbocycles. The molecule has 27 heavy (non-hydrogen) atoms. The maximum Gasteiger partial charge on any atom is 0.337 e. The van der Waals surface area contributed by atoms with Crippen LogP contribution in [0.5, 0.6) is 0 Å². The molecular formula is C21H25N3O3. The molecule has 0 bridgehead atoms. The van der Waals surface area contributed by atoms with Gasteiger partial charge in [-0.05, 0) is 36.7 Å². The van der Waals surface area contributed by atoms with Gasteiger partial charge in [0, 0.05) is 18.8 Å². The number of esters is 1. The standard InChI is InChI=1S/C21H25N3O3/c1-3-27-20(25)18-13-22-21(26)23-19(18)14-24(2)12-11-16-9-6-8-15-7-4-5-10-17(15)16/h4-10H,3,11-14H2,1-2H3,(H2,22,23,26). The molecule has 3 rings (SSSR count). The van der Waals surface area contributed by atoms with Crippen molar-refractivity contribution in [2.24, 2.45) is 0 Å². The van der Waals surface area contributed by atoms with Crippen LogP contribution in [0.3, 0.4) is 0 Å². The first kappa shape index (κ1) is 18.9. The Morgan fingerprint density at radius 1 is 1.19 bits per heavy atom. The summed E-state index contributed by atoms with van der Waals surface area (Å²) in [7, 11) is 1.98. The van der Waals surface area contributed by atoms with E-state index < -0.39 is 0 Å². The molecule has 2 N–H and O–H groups in total. The minimum atomic E-state index is -0.387. The van der Waals surface area contributed by atoms with Crippen molar-refractivity contribution in [3.63, 3.8) is 0 Å². The molecule has 1 aliphatic heterocycles. The smallest absolute Gasteiger partial charge is 0.337 e. The number of likely N-dealkylation sites (N-methyl/N-ethyl adjacent to an activating group) is 1. The third kappa shape index (κ3) is 4.65. The van der Waals surface area contributed by atoms with Gasteiger partial charge in [-0.15, -0.1) is 0 Å². The molecule has 2 aromatic carbocycles. The number of ether oxygens (including phenoxy) is 1. The van der Waals surface area contributed by atoms with E-state index in [-0.39, 0.29) is 18.5 Å². The van der Waals surface area contributed by atoms with Crippen molar-refractivity contribution in [1.82, 2.24) is 15.5 Å². The Balaban J connectivity index is 1.69. The van der Waals surface area contributed by atoms with Crippen molar-refractivity contribution < 1.29 is 14.3 Å². The van der Waals surface area contributed by atoms with Crippen LogP contribution in [-0.4, -0.2) is 50.2 Å². The summed E-state index contributed by atoms with van der Waals surface area (Å²) >= 11 is 0. The predicted molar refractivity (Wildman–Crippen MR) is 105 cm³/mol. The molecule has 0 aliphatic carbocycles. The topological polar surface area (TPSA) is 70.7 Å².